The third-order valence-corrected chi connectivity index (χ3v) is 5.60. The first kappa shape index (κ1) is 15.4. The Morgan fingerprint density at radius 1 is 0.958 bits per heavy atom. The number of nitrogens with zero attached hydrogens (tertiary/aromatic N) is 4. The van der Waals surface area contributed by atoms with Crippen molar-refractivity contribution in [1.29, 1.82) is 0 Å². The Labute approximate surface area is 142 Å². The van der Waals surface area contributed by atoms with E-state index in [1.165, 1.54) is 5.56 Å². The molecule has 2 atom stereocenters. The standard InChI is InChI=1S/C19H24N4O/c1-12-8-13(2)18(14(3)9-12)19(24)22-15-4-5-16(22)11-17(10-15)23-20-6-7-21-23/h6-9,15-17H,4-5,10-11H2,1-3H3. The number of hydrogen-bond acceptors (Lipinski definition) is 3. The molecule has 3 heterocycles. The van der Waals surface area contributed by atoms with Crippen molar-refractivity contribution in [3.8, 4) is 0 Å². The van der Waals surface area contributed by atoms with Crippen molar-refractivity contribution < 1.29 is 4.79 Å². The smallest absolute Gasteiger partial charge is 0.254 e. The van der Waals surface area contributed by atoms with Crippen LogP contribution in [0.3, 0.4) is 0 Å². The summed E-state index contributed by atoms with van der Waals surface area (Å²) in [5, 5.41) is 8.61. The Morgan fingerprint density at radius 3 is 2.04 bits per heavy atom. The third-order valence-electron chi connectivity index (χ3n) is 5.60. The molecule has 2 aliphatic heterocycles. The molecule has 24 heavy (non-hydrogen) atoms. The van der Waals surface area contributed by atoms with E-state index in [-0.39, 0.29) is 5.91 Å². The lowest BCUT2D eigenvalue weighted by Crippen LogP contribution is -2.47. The predicted molar refractivity (Wildman–Crippen MR) is 91.9 cm³/mol. The minimum absolute atomic E-state index is 0.212. The van der Waals surface area contributed by atoms with Crippen molar-refractivity contribution in [1.82, 2.24) is 19.9 Å². The minimum atomic E-state index is 0.212. The lowest BCUT2D eigenvalue weighted by molar-refractivity contribution is 0.0510. The Hall–Kier alpha value is -2.17. The second-order valence-corrected chi connectivity index (χ2v) is 7.35. The highest BCUT2D eigenvalue weighted by molar-refractivity contribution is 5.97. The molecule has 1 amide bonds. The van der Waals surface area contributed by atoms with Crippen molar-refractivity contribution in [3.63, 3.8) is 0 Å². The number of piperidine rings is 1. The van der Waals surface area contributed by atoms with E-state index < -0.39 is 0 Å². The molecule has 0 radical (unpaired) electrons. The van der Waals surface area contributed by atoms with Crippen LogP contribution in [0.5, 0.6) is 0 Å². The largest absolute Gasteiger partial charge is 0.333 e. The van der Waals surface area contributed by atoms with Crippen LogP contribution >= 0.6 is 0 Å². The molecule has 5 heteroatoms. The van der Waals surface area contributed by atoms with Crippen molar-refractivity contribution in [2.75, 3.05) is 0 Å². The number of carbonyl (C=O) groups is 1. The Balaban J connectivity index is 1.61. The molecule has 0 aliphatic carbocycles. The molecule has 0 N–H and O–H groups in total. The number of aryl methyl sites for hydroxylation is 3. The van der Waals surface area contributed by atoms with Crippen molar-refractivity contribution in [2.45, 2.75) is 64.6 Å². The van der Waals surface area contributed by atoms with Gasteiger partial charge < -0.3 is 4.90 Å². The quantitative estimate of drug-likeness (QED) is 0.852. The molecule has 2 saturated heterocycles. The minimum Gasteiger partial charge on any atom is -0.333 e. The number of fused-ring (bicyclic) bond motifs is 2. The van der Waals surface area contributed by atoms with E-state index in [2.05, 4.69) is 48.0 Å². The van der Waals surface area contributed by atoms with E-state index in [1.54, 1.807) is 12.4 Å². The maximum atomic E-state index is 13.3. The maximum absolute atomic E-state index is 13.3. The van der Waals surface area contributed by atoms with Gasteiger partial charge in [0.1, 0.15) is 0 Å². The van der Waals surface area contributed by atoms with Crippen LogP contribution in [0.1, 0.15) is 58.8 Å². The van der Waals surface area contributed by atoms with E-state index >= 15 is 0 Å². The van der Waals surface area contributed by atoms with Crippen molar-refractivity contribution in [2.24, 2.45) is 0 Å². The highest BCUT2D eigenvalue weighted by atomic mass is 16.2. The zero-order valence-corrected chi connectivity index (χ0v) is 14.6. The van der Waals surface area contributed by atoms with Gasteiger partial charge in [-0.15, -0.1) is 0 Å². The molecule has 5 nitrogen and oxygen atoms in total. The van der Waals surface area contributed by atoms with E-state index in [4.69, 9.17) is 0 Å². The van der Waals surface area contributed by atoms with Crippen LogP contribution < -0.4 is 0 Å². The Kier molecular flexibility index (Phi) is 3.66. The van der Waals surface area contributed by atoms with Gasteiger partial charge in [0.05, 0.1) is 18.4 Å². The van der Waals surface area contributed by atoms with Gasteiger partial charge >= 0.3 is 0 Å². The van der Waals surface area contributed by atoms with Crippen molar-refractivity contribution >= 4 is 5.91 Å². The zero-order valence-electron chi connectivity index (χ0n) is 14.6. The van der Waals surface area contributed by atoms with Gasteiger partial charge in [-0.25, -0.2) is 0 Å². The zero-order chi connectivity index (χ0) is 16.8. The van der Waals surface area contributed by atoms with Gasteiger partial charge in [0.15, 0.2) is 0 Å². The van der Waals surface area contributed by atoms with Crippen LogP contribution in [-0.4, -0.2) is 37.9 Å². The number of carbonyl (C=O) groups excluding carboxylic acids is 1. The van der Waals surface area contributed by atoms with E-state index in [0.29, 0.717) is 18.1 Å². The number of amides is 1. The van der Waals surface area contributed by atoms with Gasteiger partial charge in [-0.3, -0.25) is 4.79 Å². The van der Waals surface area contributed by atoms with Gasteiger partial charge in [0.2, 0.25) is 0 Å². The van der Waals surface area contributed by atoms with E-state index in [1.807, 2.05) is 4.80 Å². The van der Waals surface area contributed by atoms with Crippen LogP contribution in [0.2, 0.25) is 0 Å². The predicted octanol–water partition coefficient (Wildman–Crippen LogP) is 3.21. The second-order valence-electron chi connectivity index (χ2n) is 7.35. The second kappa shape index (κ2) is 5.72. The van der Waals surface area contributed by atoms with Crippen LogP contribution in [0.15, 0.2) is 24.5 Å². The van der Waals surface area contributed by atoms with Gasteiger partial charge in [-0.1, -0.05) is 17.7 Å². The summed E-state index contributed by atoms with van der Waals surface area (Å²) in [5.74, 6) is 0.212. The number of aromatic nitrogens is 3. The maximum Gasteiger partial charge on any atom is 0.254 e. The van der Waals surface area contributed by atoms with E-state index in [9.17, 15) is 4.79 Å². The van der Waals surface area contributed by atoms with Crippen LogP contribution in [0, 0.1) is 20.8 Å². The molecule has 126 valence electrons. The lowest BCUT2D eigenvalue weighted by Gasteiger charge is -2.39. The van der Waals surface area contributed by atoms with Crippen molar-refractivity contribution in [3.05, 3.63) is 46.8 Å². The summed E-state index contributed by atoms with van der Waals surface area (Å²) in [6.07, 6.45) is 7.58. The van der Waals surface area contributed by atoms with Gasteiger partial charge in [-0.2, -0.15) is 15.0 Å². The molecule has 2 unspecified atom stereocenters. The SMILES string of the molecule is Cc1cc(C)c(C(=O)N2C3CCC2CC(n2nccn2)C3)c(C)c1. The molecule has 2 aromatic rings. The molecule has 0 saturated carbocycles. The normalized spacial score (nSPS) is 26.0. The van der Waals surface area contributed by atoms with Gasteiger partial charge in [0.25, 0.3) is 5.91 Å². The summed E-state index contributed by atoms with van der Waals surface area (Å²) in [4.78, 5) is 17.3. The highest BCUT2D eigenvalue weighted by Gasteiger charge is 2.44. The summed E-state index contributed by atoms with van der Waals surface area (Å²) in [6, 6.07) is 5.17. The van der Waals surface area contributed by atoms with Gasteiger partial charge in [-0.05, 0) is 57.6 Å². The molecule has 1 aromatic carbocycles. The third kappa shape index (κ3) is 2.43. The van der Waals surface area contributed by atoms with Crippen LogP contribution in [-0.2, 0) is 0 Å². The fourth-order valence-electron chi connectivity index (χ4n) is 4.73. The molecule has 2 aliphatic rings. The number of rotatable bonds is 2. The highest BCUT2D eigenvalue weighted by Crippen LogP contribution is 2.41. The average molecular weight is 324 g/mol. The lowest BCUT2D eigenvalue weighted by atomic mass is 9.94. The fraction of sp³-hybridized carbons (Fsp3) is 0.526. The van der Waals surface area contributed by atoms with E-state index in [0.717, 1.165) is 42.4 Å². The molecular formula is C19H24N4O. The average Bonchev–Trinajstić information content (AvgIpc) is 3.13. The molecule has 1 aromatic heterocycles. The summed E-state index contributed by atoms with van der Waals surface area (Å²) in [7, 11) is 0. The Morgan fingerprint density at radius 2 is 1.50 bits per heavy atom. The first-order valence-electron chi connectivity index (χ1n) is 8.81. The van der Waals surface area contributed by atoms with Crippen LogP contribution in [0.25, 0.3) is 0 Å². The molecule has 2 fully saturated rings. The number of benzene rings is 1. The van der Waals surface area contributed by atoms with Crippen LogP contribution in [0.4, 0.5) is 0 Å². The molecule has 0 spiro atoms. The molecular weight excluding hydrogens is 300 g/mol. The van der Waals surface area contributed by atoms with Gasteiger partial charge in [0, 0.05) is 17.6 Å². The first-order valence-corrected chi connectivity index (χ1v) is 8.81. The monoisotopic (exact) mass is 324 g/mol. The molecule has 4 rings (SSSR count). The summed E-state index contributed by atoms with van der Waals surface area (Å²) in [6.45, 7) is 6.19. The molecule has 2 bridgehead atoms. The summed E-state index contributed by atoms with van der Waals surface area (Å²) in [5.41, 5.74) is 4.29. The fourth-order valence-corrected chi connectivity index (χ4v) is 4.73. The number of hydrogen-bond donors (Lipinski definition) is 0. The topological polar surface area (TPSA) is 51.0 Å². The summed E-state index contributed by atoms with van der Waals surface area (Å²) < 4.78 is 0. The Bertz CT molecular complexity index is 731. The first-order chi connectivity index (χ1) is 11.5. The summed E-state index contributed by atoms with van der Waals surface area (Å²) >= 11 is 0.